The van der Waals surface area contributed by atoms with Crippen molar-refractivity contribution in [2.75, 3.05) is 6.54 Å². The summed E-state index contributed by atoms with van der Waals surface area (Å²) in [5, 5.41) is 11.4. The van der Waals surface area contributed by atoms with Gasteiger partial charge in [-0.25, -0.2) is 0 Å². The number of rotatable bonds is 8. The van der Waals surface area contributed by atoms with E-state index >= 15 is 0 Å². The Bertz CT molecular complexity index is 525. The first kappa shape index (κ1) is 16.5. The Labute approximate surface area is 131 Å². The SMILES string of the molecule is O=C(O)CCCCCNC(=O)Cc1ccc2c(c1)CCCC2. The van der Waals surface area contributed by atoms with E-state index in [4.69, 9.17) is 5.11 Å². The monoisotopic (exact) mass is 303 g/mol. The minimum Gasteiger partial charge on any atom is -0.481 e. The molecule has 0 atom stereocenters. The van der Waals surface area contributed by atoms with Crippen molar-refractivity contribution >= 4 is 11.9 Å². The highest BCUT2D eigenvalue weighted by atomic mass is 16.4. The molecule has 0 heterocycles. The number of carbonyl (C=O) groups excluding carboxylic acids is 1. The number of unbranched alkanes of at least 4 members (excludes halogenated alkanes) is 2. The molecule has 2 rings (SSSR count). The van der Waals surface area contributed by atoms with Crippen molar-refractivity contribution in [2.45, 2.75) is 57.8 Å². The van der Waals surface area contributed by atoms with Gasteiger partial charge in [-0.15, -0.1) is 0 Å². The van der Waals surface area contributed by atoms with Gasteiger partial charge in [-0.05, 0) is 55.2 Å². The van der Waals surface area contributed by atoms with Crippen molar-refractivity contribution < 1.29 is 14.7 Å². The summed E-state index contributed by atoms with van der Waals surface area (Å²) >= 11 is 0. The number of aryl methyl sites for hydroxylation is 2. The van der Waals surface area contributed by atoms with Crippen molar-refractivity contribution in [1.29, 1.82) is 0 Å². The molecule has 0 bridgehead atoms. The molecule has 0 spiro atoms. The molecule has 1 aliphatic carbocycles. The number of amides is 1. The lowest BCUT2D eigenvalue weighted by molar-refractivity contribution is -0.137. The minimum absolute atomic E-state index is 0.0500. The van der Waals surface area contributed by atoms with E-state index in [9.17, 15) is 9.59 Å². The van der Waals surface area contributed by atoms with Gasteiger partial charge >= 0.3 is 5.97 Å². The smallest absolute Gasteiger partial charge is 0.303 e. The van der Waals surface area contributed by atoms with Crippen LogP contribution in [0.1, 0.15) is 55.2 Å². The zero-order valence-electron chi connectivity index (χ0n) is 13.1. The highest BCUT2D eigenvalue weighted by Gasteiger charge is 2.11. The van der Waals surface area contributed by atoms with E-state index in [0.29, 0.717) is 19.4 Å². The molecule has 1 aromatic rings. The summed E-state index contributed by atoms with van der Waals surface area (Å²) in [5.41, 5.74) is 3.93. The second-order valence-electron chi connectivity index (χ2n) is 6.04. The number of carboxylic acids is 1. The molecule has 0 saturated heterocycles. The molecule has 1 aliphatic rings. The topological polar surface area (TPSA) is 66.4 Å². The highest BCUT2D eigenvalue weighted by Crippen LogP contribution is 2.22. The van der Waals surface area contributed by atoms with Crippen molar-refractivity contribution in [1.82, 2.24) is 5.32 Å². The van der Waals surface area contributed by atoms with Gasteiger partial charge < -0.3 is 10.4 Å². The first-order chi connectivity index (χ1) is 10.6. The molecule has 4 heteroatoms. The van der Waals surface area contributed by atoms with E-state index in [-0.39, 0.29) is 12.3 Å². The Balaban J connectivity index is 1.67. The van der Waals surface area contributed by atoms with Crippen LogP contribution in [0.5, 0.6) is 0 Å². The number of carboxylic acid groups (broad SMARTS) is 1. The Kier molecular flexibility index (Phi) is 6.44. The fourth-order valence-corrected chi connectivity index (χ4v) is 2.95. The largest absolute Gasteiger partial charge is 0.481 e. The summed E-state index contributed by atoms with van der Waals surface area (Å²) in [6.45, 7) is 0.628. The average molecular weight is 303 g/mol. The van der Waals surface area contributed by atoms with Gasteiger partial charge in [0.15, 0.2) is 0 Å². The molecule has 120 valence electrons. The molecule has 1 amide bonds. The summed E-state index contributed by atoms with van der Waals surface area (Å²) in [6.07, 6.45) is 7.82. The number of nitrogens with one attached hydrogen (secondary N) is 1. The molecule has 1 aromatic carbocycles. The third kappa shape index (κ3) is 5.51. The summed E-state index contributed by atoms with van der Waals surface area (Å²) < 4.78 is 0. The molecular weight excluding hydrogens is 278 g/mol. The third-order valence-electron chi connectivity index (χ3n) is 4.17. The van der Waals surface area contributed by atoms with Crippen LogP contribution >= 0.6 is 0 Å². The van der Waals surface area contributed by atoms with E-state index in [1.807, 2.05) is 0 Å². The van der Waals surface area contributed by atoms with E-state index in [1.54, 1.807) is 0 Å². The van der Waals surface area contributed by atoms with E-state index in [0.717, 1.165) is 31.2 Å². The fourth-order valence-electron chi connectivity index (χ4n) is 2.95. The molecule has 2 N–H and O–H groups in total. The Morgan fingerprint density at radius 2 is 1.82 bits per heavy atom. The summed E-state index contributed by atoms with van der Waals surface area (Å²) in [7, 11) is 0. The molecule has 22 heavy (non-hydrogen) atoms. The van der Waals surface area contributed by atoms with Gasteiger partial charge in [-0.3, -0.25) is 9.59 Å². The number of benzene rings is 1. The molecule has 0 aliphatic heterocycles. The second kappa shape index (κ2) is 8.57. The minimum atomic E-state index is -0.753. The van der Waals surface area contributed by atoms with E-state index in [2.05, 4.69) is 23.5 Å². The Hall–Kier alpha value is -1.84. The highest BCUT2D eigenvalue weighted by molar-refractivity contribution is 5.78. The number of fused-ring (bicyclic) bond motifs is 1. The van der Waals surface area contributed by atoms with Crippen LogP contribution in [0.2, 0.25) is 0 Å². The van der Waals surface area contributed by atoms with Crippen LogP contribution < -0.4 is 5.32 Å². The zero-order chi connectivity index (χ0) is 15.8. The van der Waals surface area contributed by atoms with Crippen molar-refractivity contribution in [3.05, 3.63) is 34.9 Å². The predicted octanol–water partition coefficient (Wildman–Crippen LogP) is 2.87. The lowest BCUT2D eigenvalue weighted by Gasteiger charge is -2.16. The summed E-state index contributed by atoms with van der Waals surface area (Å²) in [6, 6.07) is 6.42. The van der Waals surface area contributed by atoms with Gasteiger partial charge in [0.05, 0.1) is 6.42 Å². The van der Waals surface area contributed by atoms with Crippen LogP contribution in [0.4, 0.5) is 0 Å². The van der Waals surface area contributed by atoms with Crippen LogP contribution in [-0.4, -0.2) is 23.5 Å². The molecular formula is C18H25NO3. The van der Waals surface area contributed by atoms with Crippen molar-refractivity contribution in [3.8, 4) is 0 Å². The molecule has 4 nitrogen and oxygen atoms in total. The number of aliphatic carboxylic acids is 1. The number of carbonyl (C=O) groups is 2. The first-order valence-corrected chi connectivity index (χ1v) is 8.24. The third-order valence-corrected chi connectivity index (χ3v) is 4.17. The van der Waals surface area contributed by atoms with E-state index < -0.39 is 5.97 Å². The predicted molar refractivity (Wildman–Crippen MR) is 85.9 cm³/mol. The van der Waals surface area contributed by atoms with Crippen LogP contribution in [0.3, 0.4) is 0 Å². The standard InChI is InChI=1S/C18H25NO3/c20-17(19-11-5-1-2-8-18(21)22)13-14-9-10-15-6-3-4-7-16(15)12-14/h9-10,12H,1-8,11,13H2,(H,19,20)(H,21,22). The molecule has 0 unspecified atom stereocenters. The van der Waals surface area contributed by atoms with Crippen molar-refractivity contribution in [2.24, 2.45) is 0 Å². The fraction of sp³-hybridized carbons (Fsp3) is 0.556. The lowest BCUT2D eigenvalue weighted by Crippen LogP contribution is -2.26. The van der Waals surface area contributed by atoms with Gasteiger partial charge in [0.1, 0.15) is 0 Å². The zero-order valence-corrected chi connectivity index (χ0v) is 13.1. The number of hydrogen-bond acceptors (Lipinski definition) is 2. The average Bonchev–Trinajstić information content (AvgIpc) is 2.50. The maximum Gasteiger partial charge on any atom is 0.303 e. The maximum absolute atomic E-state index is 11.9. The maximum atomic E-state index is 11.9. The molecule has 0 radical (unpaired) electrons. The lowest BCUT2D eigenvalue weighted by atomic mass is 9.90. The van der Waals surface area contributed by atoms with Gasteiger partial charge in [0, 0.05) is 13.0 Å². The van der Waals surface area contributed by atoms with Crippen LogP contribution in [0.25, 0.3) is 0 Å². The van der Waals surface area contributed by atoms with Gasteiger partial charge in [-0.2, -0.15) is 0 Å². The van der Waals surface area contributed by atoms with Crippen LogP contribution in [0, 0.1) is 0 Å². The Morgan fingerprint density at radius 3 is 2.59 bits per heavy atom. The van der Waals surface area contributed by atoms with Crippen LogP contribution in [-0.2, 0) is 28.9 Å². The second-order valence-corrected chi connectivity index (χ2v) is 6.04. The summed E-state index contributed by atoms with van der Waals surface area (Å²) in [4.78, 5) is 22.3. The van der Waals surface area contributed by atoms with E-state index in [1.165, 1.54) is 24.0 Å². The molecule has 0 fully saturated rings. The van der Waals surface area contributed by atoms with Gasteiger partial charge in [-0.1, -0.05) is 24.6 Å². The van der Waals surface area contributed by atoms with Crippen LogP contribution in [0.15, 0.2) is 18.2 Å². The molecule has 0 aromatic heterocycles. The quantitative estimate of drug-likeness (QED) is 0.726. The Morgan fingerprint density at radius 1 is 1.05 bits per heavy atom. The summed E-state index contributed by atoms with van der Waals surface area (Å²) in [5.74, 6) is -0.703. The number of hydrogen-bond donors (Lipinski definition) is 2. The van der Waals surface area contributed by atoms with Crippen molar-refractivity contribution in [3.63, 3.8) is 0 Å². The first-order valence-electron chi connectivity index (χ1n) is 8.24. The van der Waals surface area contributed by atoms with Gasteiger partial charge in [0.25, 0.3) is 0 Å². The molecule has 0 saturated carbocycles. The van der Waals surface area contributed by atoms with Gasteiger partial charge in [0.2, 0.25) is 5.91 Å². The normalized spacial score (nSPS) is 13.5.